The number of benzene rings is 2. The van der Waals surface area contributed by atoms with Gasteiger partial charge in [0.05, 0.1) is 12.0 Å². The van der Waals surface area contributed by atoms with Crippen LogP contribution in [0.25, 0.3) is 11.4 Å². The van der Waals surface area contributed by atoms with Gasteiger partial charge in [0.1, 0.15) is 0 Å². The van der Waals surface area contributed by atoms with Crippen molar-refractivity contribution in [3.63, 3.8) is 0 Å². The molecule has 0 atom stereocenters. The molecular weight excluding hydrogens is 426 g/mol. The van der Waals surface area contributed by atoms with Crippen LogP contribution in [-0.4, -0.2) is 32.6 Å². The molecule has 1 amide bonds. The Balaban J connectivity index is 1.55. The molecule has 6 nitrogen and oxygen atoms in total. The fraction of sp³-hybridized carbons (Fsp3) is 0.158. The molecule has 0 saturated carbocycles. The number of hydrogen-bond acceptors (Lipinski definition) is 5. The van der Waals surface area contributed by atoms with E-state index in [-0.39, 0.29) is 11.7 Å². The molecule has 0 fully saturated rings. The van der Waals surface area contributed by atoms with Crippen molar-refractivity contribution in [2.24, 2.45) is 12.1 Å². The average Bonchev–Trinajstić information content (AvgIpc) is 3.02. The highest BCUT2D eigenvalue weighted by Gasteiger charge is 2.13. The van der Waals surface area contributed by atoms with E-state index in [1.165, 1.54) is 17.3 Å². The molecule has 2 aromatic carbocycles. The normalized spacial score (nSPS) is 11.1. The minimum Gasteiger partial charge on any atom is -0.305 e. The third kappa shape index (κ3) is 5.27. The maximum Gasteiger partial charge on any atom is 0.250 e. The predicted molar refractivity (Wildman–Crippen MR) is 112 cm³/mol. The van der Waals surface area contributed by atoms with Crippen LogP contribution in [0, 0.1) is 6.92 Å². The number of rotatable bonds is 6. The summed E-state index contributed by atoms with van der Waals surface area (Å²) in [5.41, 5.74) is 5.59. The zero-order chi connectivity index (χ0) is 19.2. The highest BCUT2D eigenvalue weighted by molar-refractivity contribution is 9.10. The van der Waals surface area contributed by atoms with Gasteiger partial charge in [-0.15, -0.1) is 10.2 Å². The summed E-state index contributed by atoms with van der Waals surface area (Å²) in [5, 5.41) is 13.0. The lowest BCUT2D eigenvalue weighted by Crippen LogP contribution is -2.19. The van der Waals surface area contributed by atoms with Crippen LogP contribution >= 0.6 is 27.7 Å². The Kier molecular flexibility index (Phi) is 6.41. The number of halogens is 1. The first kappa shape index (κ1) is 19.3. The molecule has 3 aromatic rings. The number of carbonyl (C=O) groups excluding carboxylic acids is 1. The van der Waals surface area contributed by atoms with Gasteiger partial charge in [-0.05, 0) is 24.6 Å². The number of hydrazone groups is 1. The quantitative estimate of drug-likeness (QED) is 0.357. The summed E-state index contributed by atoms with van der Waals surface area (Å²) < 4.78 is 2.85. The van der Waals surface area contributed by atoms with Crippen molar-refractivity contribution in [1.29, 1.82) is 0 Å². The second-order valence-corrected chi connectivity index (χ2v) is 7.73. The molecule has 8 heteroatoms. The summed E-state index contributed by atoms with van der Waals surface area (Å²) in [4.78, 5) is 12.0. The van der Waals surface area contributed by atoms with Crippen molar-refractivity contribution < 1.29 is 4.79 Å². The third-order valence-corrected chi connectivity index (χ3v) is 5.24. The van der Waals surface area contributed by atoms with Crippen LogP contribution in [0.3, 0.4) is 0 Å². The first-order valence-electron chi connectivity index (χ1n) is 8.19. The standard InChI is InChI=1S/C19H18BrN5OS/c1-13-6-8-14(9-7-13)11-21-22-17(26)12-27-19-24-23-18(25(19)2)15-4-3-5-16(20)10-15/h3-11H,12H2,1-2H3,(H,22,26)/b21-11-. The van der Waals surface area contributed by atoms with Crippen molar-refractivity contribution in [2.75, 3.05) is 5.75 Å². The molecule has 1 aromatic heterocycles. The number of aryl methyl sites for hydroxylation is 1. The minimum absolute atomic E-state index is 0.199. The monoisotopic (exact) mass is 443 g/mol. The van der Waals surface area contributed by atoms with E-state index in [1.54, 1.807) is 6.21 Å². The highest BCUT2D eigenvalue weighted by Crippen LogP contribution is 2.24. The van der Waals surface area contributed by atoms with Crippen LogP contribution in [0.5, 0.6) is 0 Å². The lowest BCUT2D eigenvalue weighted by Gasteiger charge is -2.04. The molecule has 0 bridgehead atoms. The molecular formula is C19H18BrN5OS. The number of amides is 1. The molecule has 0 unspecified atom stereocenters. The number of hydrogen-bond donors (Lipinski definition) is 1. The Morgan fingerprint density at radius 2 is 2.04 bits per heavy atom. The number of nitrogens with zero attached hydrogens (tertiary/aromatic N) is 4. The fourth-order valence-corrected chi connectivity index (χ4v) is 3.42. The van der Waals surface area contributed by atoms with Gasteiger partial charge in [0.15, 0.2) is 11.0 Å². The van der Waals surface area contributed by atoms with E-state index in [1.807, 2.05) is 67.1 Å². The van der Waals surface area contributed by atoms with Gasteiger partial charge in [-0.1, -0.05) is 69.7 Å². The molecule has 1 heterocycles. The molecule has 3 rings (SSSR count). The van der Waals surface area contributed by atoms with E-state index in [9.17, 15) is 4.79 Å². The molecule has 1 N–H and O–H groups in total. The highest BCUT2D eigenvalue weighted by atomic mass is 79.9. The lowest BCUT2D eigenvalue weighted by molar-refractivity contribution is -0.118. The maximum absolute atomic E-state index is 12.0. The molecule has 0 radical (unpaired) electrons. The van der Waals surface area contributed by atoms with E-state index >= 15 is 0 Å². The Labute approximate surface area is 170 Å². The molecule has 0 aliphatic rings. The first-order chi connectivity index (χ1) is 13.0. The fourth-order valence-electron chi connectivity index (χ4n) is 2.31. The zero-order valence-corrected chi connectivity index (χ0v) is 17.3. The second-order valence-electron chi connectivity index (χ2n) is 5.87. The Hall–Kier alpha value is -2.45. The van der Waals surface area contributed by atoms with Crippen molar-refractivity contribution in [1.82, 2.24) is 20.2 Å². The summed E-state index contributed by atoms with van der Waals surface area (Å²) in [7, 11) is 1.88. The van der Waals surface area contributed by atoms with Gasteiger partial charge in [0, 0.05) is 17.1 Å². The smallest absolute Gasteiger partial charge is 0.250 e. The average molecular weight is 444 g/mol. The van der Waals surface area contributed by atoms with E-state index in [4.69, 9.17) is 0 Å². The topological polar surface area (TPSA) is 72.2 Å². The third-order valence-electron chi connectivity index (χ3n) is 3.73. The van der Waals surface area contributed by atoms with Crippen LogP contribution in [0.1, 0.15) is 11.1 Å². The van der Waals surface area contributed by atoms with Crippen molar-refractivity contribution in [3.05, 3.63) is 64.1 Å². The van der Waals surface area contributed by atoms with E-state index in [0.717, 1.165) is 21.4 Å². The van der Waals surface area contributed by atoms with Gasteiger partial charge in [-0.2, -0.15) is 5.10 Å². The summed E-state index contributed by atoms with van der Waals surface area (Å²) in [6.07, 6.45) is 1.62. The minimum atomic E-state index is -0.199. The van der Waals surface area contributed by atoms with Crippen molar-refractivity contribution in [2.45, 2.75) is 12.1 Å². The van der Waals surface area contributed by atoms with Crippen LogP contribution in [0.2, 0.25) is 0 Å². The van der Waals surface area contributed by atoms with Gasteiger partial charge in [0.25, 0.3) is 5.91 Å². The van der Waals surface area contributed by atoms with Gasteiger partial charge in [-0.3, -0.25) is 4.79 Å². The number of aromatic nitrogens is 3. The maximum atomic E-state index is 12.0. The van der Waals surface area contributed by atoms with Crippen LogP contribution in [-0.2, 0) is 11.8 Å². The van der Waals surface area contributed by atoms with E-state index < -0.39 is 0 Å². The summed E-state index contributed by atoms with van der Waals surface area (Å²) in [6, 6.07) is 15.7. The Bertz CT molecular complexity index is 968. The molecule has 0 saturated heterocycles. The van der Waals surface area contributed by atoms with E-state index in [2.05, 4.69) is 36.7 Å². The lowest BCUT2D eigenvalue weighted by atomic mass is 10.2. The molecule has 0 aliphatic heterocycles. The summed E-state index contributed by atoms with van der Waals surface area (Å²) >= 11 is 4.77. The Morgan fingerprint density at radius 1 is 1.26 bits per heavy atom. The van der Waals surface area contributed by atoms with Gasteiger partial charge < -0.3 is 4.57 Å². The number of nitrogens with one attached hydrogen (secondary N) is 1. The number of carbonyl (C=O) groups is 1. The molecule has 27 heavy (non-hydrogen) atoms. The van der Waals surface area contributed by atoms with Crippen LogP contribution in [0.15, 0.2) is 63.3 Å². The second kappa shape index (κ2) is 8.96. The van der Waals surface area contributed by atoms with E-state index in [0.29, 0.717) is 5.16 Å². The van der Waals surface area contributed by atoms with Crippen molar-refractivity contribution in [3.8, 4) is 11.4 Å². The number of thioether (sulfide) groups is 1. The molecule has 138 valence electrons. The summed E-state index contributed by atoms with van der Waals surface area (Å²) in [5.74, 6) is 0.752. The molecule has 0 spiro atoms. The first-order valence-corrected chi connectivity index (χ1v) is 9.97. The van der Waals surface area contributed by atoms with Crippen LogP contribution < -0.4 is 5.43 Å². The Morgan fingerprint density at radius 3 is 2.78 bits per heavy atom. The largest absolute Gasteiger partial charge is 0.305 e. The predicted octanol–water partition coefficient (Wildman–Crippen LogP) is 3.80. The summed E-state index contributed by atoms with van der Waals surface area (Å²) in [6.45, 7) is 2.02. The molecule has 0 aliphatic carbocycles. The van der Waals surface area contributed by atoms with Crippen LogP contribution in [0.4, 0.5) is 0 Å². The van der Waals surface area contributed by atoms with Gasteiger partial charge in [-0.25, -0.2) is 5.43 Å². The van der Waals surface area contributed by atoms with Crippen molar-refractivity contribution >= 4 is 39.8 Å². The van der Waals surface area contributed by atoms with Gasteiger partial charge >= 0.3 is 0 Å². The van der Waals surface area contributed by atoms with Gasteiger partial charge in [0.2, 0.25) is 0 Å². The SMILES string of the molecule is Cc1ccc(/C=N\NC(=O)CSc2nnc(-c3cccc(Br)c3)n2C)cc1. The zero-order valence-electron chi connectivity index (χ0n) is 14.9.